The molecule has 0 spiro atoms. The second-order valence-electron chi connectivity index (χ2n) is 9.23. The van der Waals surface area contributed by atoms with Crippen LogP contribution in [0, 0.1) is 6.92 Å². The van der Waals surface area contributed by atoms with Gasteiger partial charge < -0.3 is 15.6 Å². The minimum Gasteiger partial charge on any atom is -0.382 e. The molecule has 5 nitrogen and oxygen atoms in total. The summed E-state index contributed by atoms with van der Waals surface area (Å²) in [5, 5.41) is 5.97. The number of aldehydes is 1. The van der Waals surface area contributed by atoms with E-state index in [4.69, 9.17) is 4.98 Å². The molecule has 5 heteroatoms. The van der Waals surface area contributed by atoms with Gasteiger partial charge in [0.25, 0.3) is 0 Å². The molecule has 3 N–H and O–H groups in total. The Balaban J connectivity index is 0.00000156. The predicted octanol–water partition coefficient (Wildman–Crippen LogP) is 7.53. The Morgan fingerprint density at radius 3 is 2.59 bits per heavy atom. The molecule has 0 saturated heterocycles. The molecule has 5 rings (SSSR count). The van der Waals surface area contributed by atoms with E-state index in [0.29, 0.717) is 11.6 Å². The molecule has 0 aliphatic carbocycles. The number of aromatic nitrogens is 2. The Bertz CT molecular complexity index is 1520. The van der Waals surface area contributed by atoms with Crippen LogP contribution in [0.1, 0.15) is 49.0 Å². The number of carbonyl (C=O) groups excluding carboxylic acids is 1. The summed E-state index contributed by atoms with van der Waals surface area (Å²) in [5.41, 5.74) is 12.8. The fourth-order valence-electron chi connectivity index (χ4n) is 5.02. The lowest BCUT2D eigenvalue weighted by atomic mass is 9.99. The van der Waals surface area contributed by atoms with Crippen LogP contribution in [0.15, 0.2) is 79.1 Å². The summed E-state index contributed by atoms with van der Waals surface area (Å²) in [5.74, 6) is 0. The Kier molecular flexibility index (Phi) is 8.36. The zero-order chi connectivity index (χ0) is 26.4. The number of pyridine rings is 1. The molecule has 0 fully saturated rings. The summed E-state index contributed by atoms with van der Waals surface area (Å²) >= 11 is 0. The summed E-state index contributed by atoms with van der Waals surface area (Å²) in [6, 6.07) is 23.3. The van der Waals surface area contributed by atoms with Gasteiger partial charge in [-0.05, 0) is 74.3 Å². The highest BCUT2D eigenvalue weighted by Gasteiger charge is 2.15. The summed E-state index contributed by atoms with van der Waals surface area (Å²) in [6.07, 6.45) is 8.29. The van der Waals surface area contributed by atoms with Gasteiger partial charge in [-0.2, -0.15) is 0 Å². The van der Waals surface area contributed by atoms with E-state index in [0.717, 1.165) is 58.9 Å². The maximum atomic E-state index is 11.8. The van der Waals surface area contributed by atoms with Crippen molar-refractivity contribution in [1.82, 2.24) is 9.55 Å². The van der Waals surface area contributed by atoms with Crippen LogP contribution in [0.4, 0.5) is 5.69 Å². The fraction of sp³-hybridized carbons (Fsp3) is 0.250. The smallest absolute Gasteiger partial charge is 0.152 e. The zero-order valence-electron chi connectivity index (χ0n) is 22.2. The standard InChI is InChI=1S/C31H31N3O.CH5N/c1-4-9-25(5-2)33-29-17-26(15-14-23(29)20-35)34-19-21(3)31-27(11-8-13-30(31)34)24-16-22-10-6-7-12-28(22)32-18-24;1-2/h6-8,10-20,25,33H,4-5,9H2,1-3H3;2H2,1H3. The van der Waals surface area contributed by atoms with Crippen LogP contribution < -0.4 is 11.1 Å². The predicted molar refractivity (Wildman–Crippen MR) is 157 cm³/mol. The Morgan fingerprint density at radius 2 is 1.84 bits per heavy atom. The first-order chi connectivity index (χ1) is 18.1. The third kappa shape index (κ3) is 5.27. The minimum absolute atomic E-state index is 0.351. The number of hydrogen-bond donors (Lipinski definition) is 2. The normalized spacial score (nSPS) is 11.7. The van der Waals surface area contributed by atoms with E-state index >= 15 is 0 Å². The molecule has 3 aromatic carbocycles. The summed E-state index contributed by atoms with van der Waals surface area (Å²) < 4.78 is 2.23. The number of carbonyl (C=O) groups is 1. The van der Waals surface area contributed by atoms with Gasteiger partial charge >= 0.3 is 0 Å². The van der Waals surface area contributed by atoms with Gasteiger partial charge in [-0.15, -0.1) is 0 Å². The van der Waals surface area contributed by atoms with E-state index in [2.05, 4.69) is 79.0 Å². The van der Waals surface area contributed by atoms with E-state index in [1.54, 1.807) is 0 Å². The van der Waals surface area contributed by atoms with Crippen molar-refractivity contribution in [3.8, 4) is 16.8 Å². The average molecular weight is 493 g/mol. The highest BCUT2D eigenvalue weighted by Crippen LogP contribution is 2.35. The SMILES string of the molecule is CCCC(CC)Nc1cc(-n2cc(C)c3c(-c4cnc5ccccc5c4)cccc32)ccc1C=O.CN. The lowest BCUT2D eigenvalue weighted by Gasteiger charge is -2.20. The number of nitrogens with one attached hydrogen (secondary N) is 1. The summed E-state index contributed by atoms with van der Waals surface area (Å²) in [6.45, 7) is 6.53. The van der Waals surface area contributed by atoms with Crippen molar-refractivity contribution in [2.24, 2.45) is 5.73 Å². The number of anilines is 1. The fourth-order valence-corrected chi connectivity index (χ4v) is 5.02. The molecule has 1 unspecified atom stereocenters. The zero-order valence-corrected chi connectivity index (χ0v) is 22.2. The van der Waals surface area contributed by atoms with Gasteiger partial charge in [0, 0.05) is 51.7 Å². The highest BCUT2D eigenvalue weighted by atomic mass is 16.1. The molecule has 1 atom stereocenters. The molecule has 0 saturated carbocycles. The number of hydrogen-bond acceptors (Lipinski definition) is 4. The van der Waals surface area contributed by atoms with Crippen LogP contribution in [0.3, 0.4) is 0 Å². The molecule has 190 valence electrons. The largest absolute Gasteiger partial charge is 0.382 e. The first kappa shape index (κ1) is 26.1. The molecule has 2 heterocycles. The van der Waals surface area contributed by atoms with Gasteiger partial charge in [0.05, 0.1) is 11.0 Å². The lowest BCUT2D eigenvalue weighted by molar-refractivity contribution is 0.112. The second-order valence-corrected chi connectivity index (χ2v) is 9.23. The number of nitrogens with two attached hydrogens (primary N) is 1. The molecule has 0 aliphatic heterocycles. The van der Waals surface area contributed by atoms with Crippen LogP contribution in [-0.4, -0.2) is 28.9 Å². The quantitative estimate of drug-likeness (QED) is 0.220. The second kappa shape index (κ2) is 11.8. The minimum atomic E-state index is 0.351. The molecule has 37 heavy (non-hydrogen) atoms. The van der Waals surface area contributed by atoms with Crippen molar-refractivity contribution in [2.45, 2.75) is 46.1 Å². The van der Waals surface area contributed by atoms with Crippen molar-refractivity contribution in [2.75, 3.05) is 12.4 Å². The topological polar surface area (TPSA) is 72.9 Å². The number of nitrogens with zero attached hydrogens (tertiary/aromatic N) is 2. The molecule has 0 bridgehead atoms. The molecular weight excluding hydrogens is 456 g/mol. The van der Waals surface area contributed by atoms with Crippen LogP contribution in [0.5, 0.6) is 0 Å². The highest BCUT2D eigenvalue weighted by molar-refractivity contribution is 6.00. The van der Waals surface area contributed by atoms with E-state index in [-0.39, 0.29) is 0 Å². The maximum Gasteiger partial charge on any atom is 0.152 e. The Labute approximate surface area is 219 Å². The Morgan fingerprint density at radius 1 is 1.03 bits per heavy atom. The number of aryl methyl sites for hydroxylation is 1. The molecule has 5 aromatic rings. The van der Waals surface area contributed by atoms with E-state index < -0.39 is 0 Å². The number of benzene rings is 3. The van der Waals surface area contributed by atoms with Gasteiger partial charge in [0.15, 0.2) is 6.29 Å². The number of rotatable bonds is 8. The first-order valence-corrected chi connectivity index (χ1v) is 13.0. The van der Waals surface area contributed by atoms with E-state index in [9.17, 15) is 4.79 Å². The molecular formula is C32H36N4O. The number of fused-ring (bicyclic) bond motifs is 2. The number of para-hydroxylation sites is 1. The third-order valence-corrected chi connectivity index (χ3v) is 6.85. The van der Waals surface area contributed by atoms with Gasteiger partial charge in [0.2, 0.25) is 0 Å². The van der Waals surface area contributed by atoms with Crippen molar-refractivity contribution >= 4 is 33.8 Å². The van der Waals surface area contributed by atoms with Gasteiger partial charge in [-0.25, -0.2) is 0 Å². The third-order valence-electron chi connectivity index (χ3n) is 6.85. The van der Waals surface area contributed by atoms with Crippen molar-refractivity contribution in [1.29, 1.82) is 0 Å². The Hall–Kier alpha value is -3.96. The van der Waals surface area contributed by atoms with Gasteiger partial charge in [-0.1, -0.05) is 50.6 Å². The van der Waals surface area contributed by atoms with Gasteiger partial charge in [-0.3, -0.25) is 9.78 Å². The molecule has 0 radical (unpaired) electrons. The van der Waals surface area contributed by atoms with Crippen LogP contribution in [0.2, 0.25) is 0 Å². The summed E-state index contributed by atoms with van der Waals surface area (Å²) in [4.78, 5) is 16.5. The van der Waals surface area contributed by atoms with Crippen LogP contribution in [-0.2, 0) is 0 Å². The van der Waals surface area contributed by atoms with Crippen molar-refractivity contribution in [3.63, 3.8) is 0 Å². The first-order valence-electron chi connectivity index (χ1n) is 13.0. The lowest BCUT2D eigenvalue weighted by Crippen LogP contribution is -2.19. The van der Waals surface area contributed by atoms with Crippen molar-refractivity contribution < 1.29 is 4.79 Å². The van der Waals surface area contributed by atoms with E-state index in [1.165, 1.54) is 23.6 Å². The monoisotopic (exact) mass is 492 g/mol. The molecule has 2 aromatic heterocycles. The maximum absolute atomic E-state index is 11.8. The summed E-state index contributed by atoms with van der Waals surface area (Å²) in [7, 11) is 1.50. The van der Waals surface area contributed by atoms with Crippen LogP contribution >= 0.6 is 0 Å². The average Bonchev–Trinajstić information content (AvgIpc) is 3.30. The molecule has 0 aliphatic rings. The van der Waals surface area contributed by atoms with Gasteiger partial charge in [0.1, 0.15) is 0 Å². The van der Waals surface area contributed by atoms with Crippen molar-refractivity contribution in [3.05, 3.63) is 90.3 Å². The van der Waals surface area contributed by atoms with E-state index in [1.807, 2.05) is 36.5 Å². The van der Waals surface area contributed by atoms with Crippen LogP contribution in [0.25, 0.3) is 38.6 Å². The molecule has 0 amide bonds.